The quantitative estimate of drug-likeness (QED) is 0.913. The highest BCUT2D eigenvalue weighted by Gasteiger charge is 2.29. The molecule has 0 aromatic carbocycles. The second-order valence-corrected chi connectivity index (χ2v) is 8.18. The number of carbonyl (C=O) groups is 1. The molecule has 1 aliphatic carbocycles. The van der Waals surface area contributed by atoms with Crippen LogP contribution in [0.25, 0.3) is 10.2 Å². The van der Waals surface area contributed by atoms with E-state index in [1.54, 1.807) is 18.3 Å². The third kappa shape index (κ3) is 2.66. The molecule has 24 heavy (non-hydrogen) atoms. The van der Waals surface area contributed by atoms with Crippen molar-refractivity contribution in [2.24, 2.45) is 5.92 Å². The van der Waals surface area contributed by atoms with Crippen molar-refractivity contribution >= 4 is 27.5 Å². The number of thiophene rings is 1. The van der Waals surface area contributed by atoms with Crippen LogP contribution >= 0.6 is 11.3 Å². The number of rotatable bonds is 4. The summed E-state index contributed by atoms with van der Waals surface area (Å²) >= 11 is 1.61. The van der Waals surface area contributed by atoms with Gasteiger partial charge < -0.3 is 5.11 Å². The van der Waals surface area contributed by atoms with Gasteiger partial charge in [0.2, 0.25) is 0 Å². The van der Waals surface area contributed by atoms with E-state index in [4.69, 9.17) is 4.98 Å². The van der Waals surface area contributed by atoms with Crippen LogP contribution in [0.2, 0.25) is 0 Å². The minimum atomic E-state index is -0.972. The van der Waals surface area contributed by atoms with E-state index in [0.717, 1.165) is 29.7 Å². The van der Waals surface area contributed by atoms with E-state index in [1.165, 1.54) is 9.44 Å². The first-order valence-electron chi connectivity index (χ1n) is 8.64. The molecule has 1 N–H and O–H groups in total. The lowest BCUT2D eigenvalue weighted by atomic mass is 9.89. The summed E-state index contributed by atoms with van der Waals surface area (Å²) in [5, 5.41) is 10.2. The number of carboxylic acid groups (broad SMARTS) is 1. The molecule has 6 heteroatoms. The van der Waals surface area contributed by atoms with E-state index >= 15 is 0 Å². The van der Waals surface area contributed by atoms with Crippen molar-refractivity contribution < 1.29 is 9.90 Å². The summed E-state index contributed by atoms with van der Waals surface area (Å²) in [5.74, 6) is 0.224. The number of carboxylic acids is 1. The summed E-state index contributed by atoms with van der Waals surface area (Å²) in [5.41, 5.74) is 0.930. The van der Waals surface area contributed by atoms with E-state index in [1.807, 2.05) is 13.8 Å². The molecule has 0 bridgehead atoms. The van der Waals surface area contributed by atoms with Gasteiger partial charge in [-0.1, -0.05) is 27.7 Å². The van der Waals surface area contributed by atoms with E-state index < -0.39 is 12.0 Å². The third-order valence-electron chi connectivity index (χ3n) is 4.89. The Morgan fingerprint density at radius 3 is 2.75 bits per heavy atom. The minimum absolute atomic E-state index is 0.00597. The van der Waals surface area contributed by atoms with Crippen LogP contribution in [0.3, 0.4) is 0 Å². The van der Waals surface area contributed by atoms with E-state index in [0.29, 0.717) is 23.5 Å². The molecule has 2 heterocycles. The van der Waals surface area contributed by atoms with Gasteiger partial charge in [-0.05, 0) is 37.2 Å². The van der Waals surface area contributed by atoms with Crippen molar-refractivity contribution in [1.82, 2.24) is 9.55 Å². The Labute approximate surface area is 145 Å². The Morgan fingerprint density at radius 1 is 1.46 bits per heavy atom. The largest absolute Gasteiger partial charge is 0.480 e. The van der Waals surface area contributed by atoms with Gasteiger partial charge in [-0.25, -0.2) is 9.78 Å². The number of nitrogens with zero attached hydrogens (tertiary/aromatic N) is 2. The van der Waals surface area contributed by atoms with Gasteiger partial charge in [0, 0.05) is 10.8 Å². The number of hydrogen-bond acceptors (Lipinski definition) is 4. The van der Waals surface area contributed by atoms with Crippen molar-refractivity contribution in [1.29, 1.82) is 0 Å². The van der Waals surface area contributed by atoms with Crippen LogP contribution in [-0.4, -0.2) is 20.6 Å². The average molecular weight is 348 g/mol. The van der Waals surface area contributed by atoms with Gasteiger partial charge in [0.15, 0.2) is 0 Å². The van der Waals surface area contributed by atoms with Crippen LogP contribution in [0.15, 0.2) is 4.79 Å². The molecule has 2 unspecified atom stereocenters. The summed E-state index contributed by atoms with van der Waals surface area (Å²) in [6.07, 6.45) is 3.31. The molecular weight excluding hydrogens is 324 g/mol. The zero-order valence-electron chi connectivity index (χ0n) is 14.6. The minimum Gasteiger partial charge on any atom is -0.480 e. The fourth-order valence-electron chi connectivity index (χ4n) is 3.59. The first kappa shape index (κ1) is 17.1. The molecule has 0 radical (unpaired) electrons. The molecule has 0 amide bonds. The summed E-state index contributed by atoms with van der Waals surface area (Å²) in [6, 6.07) is -0.857. The monoisotopic (exact) mass is 348 g/mol. The number of aliphatic carboxylic acids is 1. The first-order chi connectivity index (χ1) is 11.3. The van der Waals surface area contributed by atoms with Crippen molar-refractivity contribution in [3.63, 3.8) is 0 Å². The van der Waals surface area contributed by atoms with Gasteiger partial charge in [-0.3, -0.25) is 9.36 Å². The number of aromatic nitrogens is 2. The molecule has 0 spiro atoms. The van der Waals surface area contributed by atoms with Gasteiger partial charge in [0.1, 0.15) is 16.7 Å². The van der Waals surface area contributed by atoms with E-state index in [-0.39, 0.29) is 11.5 Å². The van der Waals surface area contributed by atoms with Crippen molar-refractivity contribution in [3.05, 3.63) is 26.6 Å². The normalized spacial score (nSPS) is 18.8. The molecule has 0 fully saturated rings. The van der Waals surface area contributed by atoms with Crippen LogP contribution in [0.5, 0.6) is 0 Å². The fourth-order valence-corrected chi connectivity index (χ4v) is 4.97. The predicted molar refractivity (Wildman–Crippen MR) is 96.1 cm³/mol. The van der Waals surface area contributed by atoms with Gasteiger partial charge in [-0.2, -0.15) is 0 Å². The lowest BCUT2D eigenvalue weighted by Crippen LogP contribution is -2.33. The molecule has 5 nitrogen and oxygen atoms in total. The molecule has 0 saturated carbocycles. The highest BCUT2D eigenvalue weighted by molar-refractivity contribution is 7.18. The summed E-state index contributed by atoms with van der Waals surface area (Å²) < 4.78 is 1.43. The second kappa shape index (κ2) is 6.31. The molecule has 3 rings (SSSR count). The number of hydrogen-bond donors (Lipinski definition) is 1. The zero-order valence-corrected chi connectivity index (χ0v) is 15.4. The lowest BCUT2D eigenvalue weighted by molar-refractivity contribution is -0.141. The third-order valence-corrected chi connectivity index (χ3v) is 6.04. The highest BCUT2D eigenvalue weighted by atomic mass is 32.1. The highest BCUT2D eigenvalue weighted by Crippen LogP contribution is 2.36. The Bertz CT molecular complexity index is 850. The maximum atomic E-state index is 13.2. The van der Waals surface area contributed by atoms with E-state index in [2.05, 4.69) is 6.92 Å². The maximum absolute atomic E-state index is 13.2. The fraction of sp³-hybridized carbons (Fsp3) is 0.611. The predicted octanol–water partition coefficient (Wildman–Crippen LogP) is 3.74. The van der Waals surface area contributed by atoms with Crippen LogP contribution < -0.4 is 5.56 Å². The average Bonchev–Trinajstić information content (AvgIpc) is 2.86. The van der Waals surface area contributed by atoms with Crippen molar-refractivity contribution in [2.75, 3.05) is 0 Å². The van der Waals surface area contributed by atoms with Crippen molar-refractivity contribution in [3.8, 4) is 0 Å². The Hall–Kier alpha value is -1.69. The van der Waals surface area contributed by atoms with Gasteiger partial charge in [0.05, 0.1) is 5.39 Å². The molecule has 130 valence electrons. The molecular formula is C18H24N2O3S. The lowest BCUT2D eigenvalue weighted by Gasteiger charge is -2.21. The smallest absolute Gasteiger partial charge is 0.326 e. The Kier molecular flexibility index (Phi) is 4.51. The molecule has 0 aliphatic heterocycles. The number of fused-ring (bicyclic) bond motifs is 3. The number of aryl methyl sites for hydroxylation is 1. The van der Waals surface area contributed by atoms with E-state index in [9.17, 15) is 14.7 Å². The first-order valence-corrected chi connectivity index (χ1v) is 9.46. The van der Waals surface area contributed by atoms with Crippen LogP contribution in [0.1, 0.15) is 68.8 Å². The van der Waals surface area contributed by atoms with Crippen LogP contribution in [0.4, 0.5) is 0 Å². The molecule has 1 aliphatic rings. The van der Waals surface area contributed by atoms with Gasteiger partial charge >= 0.3 is 5.97 Å². The zero-order chi connectivity index (χ0) is 17.6. The summed E-state index contributed by atoms with van der Waals surface area (Å²) in [4.78, 5) is 31.7. The van der Waals surface area contributed by atoms with Crippen molar-refractivity contribution in [2.45, 2.75) is 65.3 Å². The molecule has 2 aromatic rings. The SMILES string of the molecule is CCC(C(=O)O)n1c(C(C)C)nc2sc3c(c2c1=O)CCC(C)C3. The Balaban J connectivity index is 2.34. The second-order valence-electron chi connectivity index (χ2n) is 7.09. The van der Waals surface area contributed by atoms with Gasteiger partial charge in [-0.15, -0.1) is 11.3 Å². The van der Waals surface area contributed by atoms with Crippen LogP contribution in [0, 0.1) is 5.92 Å². The standard InChI is InChI=1S/C18H24N2O3S/c1-5-12(18(22)23)20-15(9(2)3)19-16-14(17(20)21)11-7-6-10(4)8-13(11)24-16/h9-10,12H,5-8H2,1-4H3,(H,22,23). The van der Waals surface area contributed by atoms with Gasteiger partial charge in [0.25, 0.3) is 5.56 Å². The summed E-state index contributed by atoms with van der Waals surface area (Å²) in [6.45, 7) is 7.93. The molecule has 2 atom stereocenters. The summed E-state index contributed by atoms with van der Waals surface area (Å²) in [7, 11) is 0. The topological polar surface area (TPSA) is 72.2 Å². The maximum Gasteiger partial charge on any atom is 0.326 e. The van der Waals surface area contributed by atoms with Crippen LogP contribution in [-0.2, 0) is 17.6 Å². The Morgan fingerprint density at radius 2 is 2.17 bits per heavy atom. The molecule has 2 aromatic heterocycles. The molecule has 0 saturated heterocycles.